The molecule has 0 spiro atoms. The summed E-state index contributed by atoms with van der Waals surface area (Å²) in [5.74, 6) is 0.256. The van der Waals surface area contributed by atoms with E-state index in [9.17, 15) is 5.11 Å². The third kappa shape index (κ3) is 4.72. The first-order chi connectivity index (χ1) is 17.4. The van der Waals surface area contributed by atoms with Crippen LogP contribution in [0.25, 0.3) is 53.9 Å². The number of hydrogen-bond donors (Lipinski definition) is 1. The van der Waals surface area contributed by atoms with E-state index in [4.69, 9.17) is 9.97 Å². The van der Waals surface area contributed by atoms with Crippen molar-refractivity contribution in [1.29, 1.82) is 0 Å². The summed E-state index contributed by atoms with van der Waals surface area (Å²) >= 11 is 1.64. The number of fused-ring (bicyclic) bond motifs is 2. The van der Waals surface area contributed by atoms with Crippen LogP contribution in [0, 0.1) is 6.07 Å². The second-order valence-electron chi connectivity index (χ2n) is 10.0. The van der Waals surface area contributed by atoms with Crippen molar-refractivity contribution in [2.75, 3.05) is 0 Å². The molecule has 0 aliphatic rings. The van der Waals surface area contributed by atoms with Gasteiger partial charge in [-0.05, 0) is 34.6 Å². The monoisotopic (exact) mass is 680 g/mol. The van der Waals surface area contributed by atoms with E-state index in [0.717, 1.165) is 53.9 Å². The van der Waals surface area contributed by atoms with Crippen LogP contribution >= 0.6 is 11.3 Å². The quantitative estimate of drug-likeness (QED) is 0.191. The summed E-state index contributed by atoms with van der Waals surface area (Å²) in [5.41, 5.74) is 7.89. The Morgan fingerprint density at radius 1 is 0.757 bits per heavy atom. The van der Waals surface area contributed by atoms with Crippen molar-refractivity contribution in [3.8, 4) is 38.6 Å². The van der Waals surface area contributed by atoms with Crippen molar-refractivity contribution in [2.45, 2.75) is 26.2 Å². The third-order valence-corrected chi connectivity index (χ3v) is 7.55. The fraction of sp³-hybridized carbons (Fsp3) is 0.125. The molecule has 0 aliphatic heterocycles. The molecule has 3 nitrogen and oxygen atoms in total. The standard InChI is InChI=1S/C32H25N2OS.Pt/c1-32(2,3)23-18-21-11-8-16-33-29(21)26(19-23)20-9-6-10-22(17-20)31-34-30-25(13-7-15-28(30)36-31)24-12-4-5-14-27(24)35;/h4-16,18-19,35H,1-3H3;/q-1;. The van der Waals surface area contributed by atoms with Gasteiger partial charge in [0.15, 0.2) is 0 Å². The predicted molar refractivity (Wildman–Crippen MR) is 150 cm³/mol. The number of phenolic OH excluding ortho intramolecular Hbond substituents is 1. The number of hydrogen-bond acceptors (Lipinski definition) is 4. The molecule has 6 aromatic rings. The van der Waals surface area contributed by atoms with Crippen LogP contribution in [-0.4, -0.2) is 15.1 Å². The SMILES string of the molecule is CC(C)(C)c1cc(-c2[c-]c(-c3nc4c(-c5ccccc5O)cccc4s3)ccc2)c2ncccc2c1.[Pt]. The summed E-state index contributed by atoms with van der Waals surface area (Å²) in [6, 6.07) is 32.0. The van der Waals surface area contributed by atoms with Crippen LogP contribution in [0.4, 0.5) is 0 Å². The molecule has 2 heterocycles. The van der Waals surface area contributed by atoms with Gasteiger partial charge in [-0.1, -0.05) is 80.4 Å². The number of aromatic hydroxyl groups is 1. The smallest absolute Gasteiger partial charge is 0.123 e. The maximum atomic E-state index is 10.4. The van der Waals surface area contributed by atoms with Crippen LogP contribution in [0.2, 0.25) is 0 Å². The number of aromatic nitrogens is 2. The van der Waals surface area contributed by atoms with E-state index in [1.807, 2.05) is 42.6 Å². The fourth-order valence-corrected chi connectivity index (χ4v) is 5.54. The van der Waals surface area contributed by atoms with E-state index in [1.54, 1.807) is 17.4 Å². The Morgan fingerprint density at radius 3 is 2.32 bits per heavy atom. The molecule has 0 unspecified atom stereocenters. The van der Waals surface area contributed by atoms with Gasteiger partial charge in [0.1, 0.15) is 5.75 Å². The van der Waals surface area contributed by atoms with E-state index < -0.39 is 0 Å². The van der Waals surface area contributed by atoms with Crippen molar-refractivity contribution < 1.29 is 26.2 Å². The van der Waals surface area contributed by atoms with Crippen LogP contribution in [0.5, 0.6) is 5.75 Å². The molecular weight excluding hydrogens is 656 g/mol. The number of pyridine rings is 1. The van der Waals surface area contributed by atoms with Gasteiger partial charge in [-0.25, -0.2) is 0 Å². The minimum atomic E-state index is 0. The molecule has 5 heteroatoms. The van der Waals surface area contributed by atoms with Crippen LogP contribution in [0.3, 0.4) is 0 Å². The van der Waals surface area contributed by atoms with E-state index >= 15 is 0 Å². The summed E-state index contributed by atoms with van der Waals surface area (Å²) in [7, 11) is 0. The van der Waals surface area contributed by atoms with Gasteiger partial charge in [0, 0.05) is 48.6 Å². The van der Waals surface area contributed by atoms with E-state index in [1.165, 1.54) is 5.56 Å². The molecule has 0 fully saturated rings. The zero-order valence-corrected chi connectivity index (χ0v) is 23.8. The van der Waals surface area contributed by atoms with Crippen LogP contribution in [-0.2, 0) is 26.5 Å². The van der Waals surface area contributed by atoms with Crippen LogP contribution in [0.15, 0.2) is 91.1 Å². The van der Waals surface area contributed by atoms with Gasteiger partial charge in [0.05, 0.1) is 10.5 Å². The topological polar surface area (TPSA) is 46.0 Å². The Morgan fingerprint density at radius 2 is 1.51 bits per heavy atom. The molecule has 4 aromatic carbocycles. The Hall–Kier alpha value is -3.33. The van der Waals surface area contributed by atoms with Gasteiger partial charge >= 0.3 is 0 Å². The normalized spacial score (nSPS) is 11.5. The first-order valence-electron chi connectivity index (χ1n) is 12.0. The molecular formula is C32H25N2OPtS-. The molecule has 37 heavy (non-hydrogen) atoms. The Kier molecular flexibility index (Phi) is 6.74. The minimum Gasteiger partial charge on any atom is -0.507 e. The molecule has 0 saturated heterocycles. The predicted octanol–water partition coefficient (Wildman–Crippen LogP) is 8.65. The molecule has 2 aromatic heterocycles. The van der Waals surface area contributed by atoms with Gasteiger partial charge in [-0.2, -0.15) is 11.3 Å². The van der Waals surface area contributed by atoms with Crippen LogP contribution in [0.1, 0.15) is 26.3 Å². The number of rotatable bonds is 3. The van der Waals surface area contributed by atoms with Gasteiger partial charge < -0.3 is 5.11 Å². The Labute approximate surface area is 235 Å². The van der Waals surface area contributed by atoms with E-state index in [2.05, 4.69) is 69.3 Å². The van der Waals surface area contributed by atoms with E-state index in [-0.39, 0.29) is 32.2 Å². The average Bonchev–Trinajstić information content (AvgIpc) is 3.33. The molecule has 6 rings (SSSR count). The van der Waals surface area contributed by atoms with Gasteiger partial charge in [-0.15, -0.1) is 29.8 Å². The minimum absolute atomic E-state index is 0. The largest absolute Gasteiger partial charge is 0.507 e. The second kappa shape index (κ2) is 9.85. The maximum Gasteiger partial charge on any atom is 0.123 e. The number of thiazole rings is 1. The molecule has 0 saturated carbocycles. The van der Waals surface area contributed by atoms with Crippen molar-refractivity contribution in [3.05, 3.63) is 103 Å². The molecule has 0 amide bonds. The summed E-state index contributed by atoms with van der Waals surface area (Å²) in [5, 5.41) is 12.5. The number of nitrogens with zero attached hydrogens (tertiary/aromatic N) is 2. The summed E-state index contributed by atoms with van der Waals surface area (Å²) in [6.45, 7) is 6.70. The number of benzene rings is 4. The summed E-state index contributed by atoms with van der Waals surface area (Å²) in [4.78, 5) is 9.73. The number of phenols is 1. The molecule has 0 aliphatic carbocycles. The first-order valence-corrected chi connectivity index (χ1v) is 12.8. The van der Waals surface area contributed by atoms with Gasteiger partial charge in [-0.3, -0.25) is 9.97 Å². The fourth-order valence-electron chi connectivity index (χ4n) is 4.56. The van der Waals surface area contributed by atoms with Crippen molar-refractivity contribution in [1.82, 2.24) is 9.97 Å². The summed E-state index contributed by atoms with van der Waals surface area (Å²) in [6.07, 6.45) is 1.85. The van der Waals surface area contributed by atoms with Crippen molar-refractivity contribution in [2.24, 2.45) is 0 Å². The van der Waals surface area contributed by atoms with Gasteiger partial charge in [0.2, 0.25) is 0 Å². The Balaban J connectivity index is 0.00000280. The number of para-hydroxylation sites is 2. The summed E-state index contributed by atoms with van der Waals surface area (Å²) < 4.78 is 1.08. The second-order valence-corrected chi connectivity index (χ2v) is 11.0. The van der Waals surface area contributed by atoms with Crippen molar-refractivity contribution in [3.63, 3.8) is 0 Å². The maximum absolute atomic E-state index is 10.4. The molecule has 0 atom stereocenters. The molecule has 1 N–H and O–H groups in total. The van der Waals surface area contributed by atoms with Crippen molar-refractivity contribution >= 4 is 32.5 Å². The molecule has 186 valence electrons. The van der Waals surface area contributed by atoms with Gasteiger partial charge in [0.25, 0.3) is 0 Å². The zero-order valence-electron chi connectivity index (χ0n) is 20.7. The van der Waals surface area contributed by atoms with Crippen LogP contribution < -0.4 is 0 Å². The zero-order chi connectivity index (χ0) is 24.9. The third-order valence-electron chi connectivity index (χ3n) is 6.50. The van der Waals surface area contributed by atoms with E-state index in [0.29, 0.717) is 0 Å². The first kappa shape index (κ1) is 25.3. The molecule has 0 bridgehead atoms. The molecule has 0 radical (unpaired) electrons. The Bertz CT molecular complexity index is 1750. The average molecular weight is 681 g/mol.